The molecule has 0 aromatic heterocycles. The van der Waals surface area contributed by atoms with E-state index in [0.717, 1.165) is 24.0 Å². The lowest BCUT2D eigenvalue weighted by Crippen LogP contribution is -2.02. The van der Waals surface area contributed by atoms with Crippen molar-refractivity contribution < 1.29 is 18.9 Å². The van der Waals surface area contributed by atoms with E-state index >= 15 is 0 Å². The third-order valence-corrected chi connectivity index (χ3v) is 5.94. The van der Waals surface area contributed by atoms with E-state index in [0.29, 0.717) is 5.75 Å². The van der Waals surface area contributed by atoms with Gasteiger partial charge in [0.05, 0.1) is 0 Å². The largest absolute Gasteiger partial charge is 0.524 e. The quantitative estimate of drug-likeness (QED) is 0.196. The Kier molecular flexibility index (Phi) is 13.6. The van der Waals surface area contributed by atoms with Gasteiger partial charge in [0, 0.05) is 5.56 Å². The number of hydrogen-bond donors (Lipinski definition) is 2. The van der Waals surface area contributed by atoms with Gasteiger partial charge in [0.25, 0.3) is 0 Å². The molecule has 0 radical (unpaired) electrons. The van der Waals surface area contributed by atoms with Crippen molar-refractivity contribution in [3.63, 3.8) is 0 Å². The highest BCUT2D eigenvalue weighted by molar-refractivity contribution is 7.46. The molecule has 1 aromatic carbocycles. The summed E-state index contributed by atoms with van der Waals surface area (Å²) < 4.78 is 16.2. The molecule has 0 aliphatic heterocycles. The van der Waals surface area contributed by atoms with Gasteiger partial charge < -0.3 is 4.52 Å². The Hall–Kier alpha value is -0.830. The van der Waals surface area contributed by atoms with Crippen LogP contribution in [-0.2, 0) is 11.0 Å². The van der Waals surface area contributed by atoms with E-state index in [1.807, 2.05) is 19.9 Å². The van der Waals surface area contributed by atoms with Gasteiger partial charge in [-0.25, -0.2) is 4.57 Å². The average Bonchev–Trinajstić information content (AvgIpc) is 2.64. The van der Waals surface area contributed by atoms with Gasteiger partial charge in [-0.05, 0) is 30.4 Å². The van der Waals surface area contributed by atoms with E-state index in [4.69, 9.17) is 14.3 Å². The first kappa shape index (κ1) is 26.2. The highest BCUT2D eigenvalue weighted by Gasteiger charge is 2.21. The average molecular weight is 427 g/mol. The molecular formula is C24H43O4P. The minimum atomic E-state index is -4.53. The van der Waals surface area contributed by atoms with E-state index in [-0.39, 0.29) is 5.92 Å². The predicted molar refractivity (Wildman–Crippen MR) is 123 cm³/mol. The highest BCUT2D eigenvalue weighted by Crippen LogP contribution is 2.42. The molecule has 0 saturated carbocycles. The Labute approximate surface area is 178 Å². The van der Waals surface area contributed by atoms with Gasteiger partial charge in [-0.15, -0.1) is 0 Å². The molecule has 4 nitrogen and oxygen atoms in total. The molecule has 1 rings (SSSR count). The minimum Gasteiger partial charge on any atom is -0.404 e. The van der Waals surface area contributed by atoms with Crippen LogP contribution in [0.1, 0.15) is 121 Å². The summed E-state index contributed by atoms with van der Waals surface area (Å²) in [4.78, 5) is 18.3. The lowest BCUT2D eigenvalue weighted by molar-refractivity contribution is 0.282. The number of phosphoric ester groups is 1. The van der Waals surface area contributed by atoms with E-state index < -0.39 is 7.82 Å². The van der Waals surface area contributed by atoms with Gasteiger partial charge in [-0.1, -0.05) is 110 Å². The first-order chi connectivity index (χ1) is 13.8. The predicted octanol–water partition coefficient (Wildman–Crippen LogP) is 7.92. The summed E-state index contributed by atoms with van der Waals surface area (Å²) >= 11 is 0. The van der Waals surface area contributed by atoms with Crippen molar-refractivity contribution in [3.05, 3.63) is 29.3 Å². The fourth-order valence-electron chi connectivity index (χ4n) is 4.00. The first-order valence-corrected chi connectivity index (χ1v) is 13.2. The molecule has 0 fully saturated rings. The zero-order chi connectivity index (χ0) is 21.5. The van der Waals surface area contributed by atoms with Gasteiger partial charge in [0.1, 0.15) is 5.75 Å². The molecule has 1 aromatic rings. The molecule has 0 aliphatic rings. The van der Waals surface area contributed by atoms with Gasteiger partial charge in [-0.3, -0.25) is 9.79 Å². The smallest absolute Gasteiger partial charge is 0.404 e. The normalized spacial score (nSPS) is 11.9. The molecule has 29 heavy (non-hydrogen) atoms. The van der Waals surface area contributed by atoms with Crippen LogP contribution in [0.2, 0.25) is 0 Å². The van der Waals surface area contributed by atoms with Crippen molar-refractivity contribution in [2.75, 3.05) is 0 Å². The fourth-order valence-corrected chi connectivity index (χ4v) is 4.42. The topological polar surface area (TPSA) is 66.8 Å². The molecule has 2 N–H and O–H groups in total. The molecule has 0 atom stereocenters. The van der Waals surface area contributed by atoms with Crippen molar-refractivity contribution in [2.45, 2.75) is 117 Å². The molecule has 0 amide bonds. The Balaban J connectivity index is 2.23. The number of hydrogen-bond acceptors (Lipinski definition) is 2. The summed E-state index contributed by atoms with van der Waals surface area (Å²) in [7, 11) is -4.53. The molecule has 0 unspecified atom stereocenters. The van der Waals surface area contributed by atoms with E-state index in [9.17, 15) is 4.57 Å². The van der Waals surface area contributed by atoms with Crippen molar-refractivity contribution in [3.8, 4) is 5.75 Å². The van der Waals surface area contributed by atoms with Crippen molar-refractivity contribution >= 4 is 7.82 Å². The van der Waals surface area contributed by atoms with Crippen LogP contribution in [0.4, 0.5) is 0 Å². The number of unbranched alkanes of at least 4 members (excludes halogenated alkanes) is 12. The van der Waals surface area contributed by atoms with Gasteiger partial charge in [0.2, 0.25) is 0 Å². The summed E-state index contributed by atoms with van der Waals surface area (Å²) in [6.07, 6.45) is 18.3. The van der Waals surface area contributed by atoms with Crippen LogP contribution >= 0.6 is 7.82 Å². The Morgan fingerprint density at radius 3 is 1.76 bits per heavy atom. The van der Waals surface area contributed by atoms with E-state index in [2.05, 4.69) is 13.0 Å². The van der Waals surface area contributed by atoms with Crippen molar-refractivity contribution in [2.24, 2.45) is 0 Å². The summed E-state index contributed by atoms with van der Waals surface area (Å²) in [6.45, 7) is 6.34. The zero-order valence-electron chi connectivity index (χ0n) is 18.9. The van der Waals surface area contributed by atoms with Crippen LogP contribution in [0.3, 0.4) is 0 Å². The molecule has 5 heteroatoms. The maximum absolute atomic E-state index is 11.2. The maximum Gasteiger partial charge on any atom is 0.524 e. The molecular weight excluding hydrogens is 383 g/mol. The molecule has 0 spiro atoms. The molecule has 0 heterocycles. The second-order valence-corrected chi connectivity index (χ2v) is 9.72. The van der Waals surface area contributed by atoms with Gasteiger partial charge in [-0.2, -0.15) is 0 Å². The van der Waals surface area contributed by atoms with Gasteiger partial charge in [0.15, 0.2) is 0 Å². The van der Waals surface area contributed by atoms with Crippen molar-refractivity contribution in [1.82, 2.24) is 0 Å². The van der Waals surface area contributed by atoms with Crippen LogP contribution in [0.5, 0.6) is 5.75 Å². The van der Waals surface area contributed by atoms with Crippen molar-refractivity contribution in [1.29, 1.82) is 0 Å². The summed E-state index contributed by atoms with van der Waals surface area (Å²) in [5, 5.41) is 0. The zero-order valence-corrected chi connectivity index (χ0v) is 19.8. The second kappa shape index (κ2) is 15.0. The fraction of sp³-hybridized carbons (Fsp3) is 0.750. The number of rotatable bonds is 17. The lowest BCUT2D eigenvalue weighted by Gasteiger charge is -2.18. The number of benzene rings is 1. The number of aryl methyl sites for hydroxylation is 1. The highest BCUT2D eigenvalue weighted by atomic mass is 31.2. The van der Waals surface area contributed by atoms with E-state index in [1.165, 1.54) is 77.0 Å². The molecule has 168 valence electrons. The third kappa shape index (κ3) is 12.5. The maximum atomic E-state index is 11.2. The van der Waals surface area contributed by atoms with Crippen LogP contribution in [-0.4, -0.2) is 9.79 Å². The Morgan fingerprint density at radius 2 is 1.31 bits per heavy atom. The van der Waals surface area contributed by atoms with Gasteiger partial charge >= 0.3 is 7.82 Å². The van der Waals surface area contributed by atoms with Crippen LogP contribution in [0.25, 0.3) is 0 Å². The minimum absolute atomic E-state index is 0.162. The van der Waals surface area contributed by atoms with Crippen LogP contribution in [0.15, 0.2) is 18.2 Å². The number of phosphoric acid groups is 1. The summed E-state index contributed by atoms with van der Waals surface area (Å²) in [6, 6.07) is 5.54. The Morgan fingerprint density at radius 1 is 0.828 bits per heavy atom. The third-order valence-electron chi connectivity index (χ3n) is 5.50. The molecule has 0 aliphatic carbocycles. The molecule has 0 saturated heterocycles. The Bertz CT molecular complexity index is 595. The SMILES string of the molecule is CCCCCCCCCCCCCCCc1cccc(OP(=O)(O)O)c1C(C)C. The van der Waals surface area contributed by atoms with Crippen LogP contribution in [0, 0.1) is 0 Å². The summed E-state index contributed by atoms with van der Waals surface area (Å²) in [5.74, 6) is 0.482. The standard InChI is InChI=1S/C24H43O4P/c1-4-5-6-7-8-9-10-11-12-13-14-15-16-18-22-19-17-20-23(24(22)21(2)3)28-29(25,26)27/h17,19-21H,4-16,18H2,1-3H3,(H2,25,26,27). The first-order valence-electron chi connectivity index (χ1n) is 11.7. The lowest BCUT2D eigenvalue weighted by atomic mass is 9.92. The van der Waals surface area contributed by atoms with Crippen LogP contribution < -0.4 is 4.52 Å². The molecule has 0 bridgehead atoms. The summed E-state index contributed by atoms with van der Waals surface area (Å²) in [5.41, 5.74) is 2.07. The monoisotopic (exact) mass is 426 g/mol. The second-order valence-electron chi connectivity index (χ2n) is 8.56. The van der Waals surface area contributed by atoms with E-state index in [1.54, 1.807) is 6.07 Å².